The molecule has 0 saturated carbocycles. The lowest BCUT2D eigenvalue weighted by molar-refractivity contribution is 0.0695. The van der Waals surface area contributed by atoms with Crippen LogP contribution in [0.1, 0.15) is 32.6 Å². The summed E-state index contributed by atoms with van der Waals surface area (Å²) >= 11 is 0. The van der Waals surface area contributed by atoms with Gasteiger partial charge in [0.05, 0.1) is 0 Å². The summed E-state index contributed by atoms with van der Waals surface area (Å²) in [5, 5.41) is 9.48. The molecule has 0 unspecified atom stereocenters. The van der Waals surface area contributed by atoms with Crippen LogP contribution in [0.25, 0.3) is 10.9 Å². The normalized spacial score (nSPS) is 10.9. The third-order valence-electron chi connectivity index (χ3n) is 3.87. The van der Waals surface area contributed by atoms with E-state index in [1.807, 2.05) is 12.1 Å². The molecule has 3 aromatic rings. The van der Waals surface area contributed by atoms with Gasteiger partial charge in [0.25, 0.3) is 0 Å². The third kappa shape index (κ3) is 3.01. The van der Waals surface area contributed by atoms with Crippen molar-refractivity contribution >= 4 is 16.9 Å². The quantitative estimate of drug-likeness (QED) is 0.778. The van der Waals surface area contributed by atoms with Crippen LogP contribution in [0.3, 0.4) is 0 Å². The predicted octanol–water partition coefficient (Wildman–Crippen LogP) is 3.43. The standard InChI is InChI=1S/C19H17NO3/c1-11-5-12(2)7-14(6-11)8-13-3-4-17-15(9-13)18(21)16(10-20-17)19(22)23/h3-7,9-10H,8H2,1-2H3,(H,20,21)(H,22,23). The van der Waals surface area contributed by atoms with Gasteiger partial charge in [-0.25, -0.2) is 4.79 Å². The van der Waals surface area contributed by atoms with Crippen molar-refractivity contribution in [2.75, 3.05) is 0 Å². The molecule has 0 saturated heterocycles. The maximum atomic E-state index is 12.3. The minimum Gasteiger partial charge on any atom is -0.477 e. The molecule has 2 N–H and O–H groups in total. The van der Waals surface area contributed by atoms with Gasteiger partial charge in [-0.15, -0.1) is 0 Å². The van der Waals surface area contributed by atoms with Crippen LogP contribution in [0.5, 0.6) is 0 Å². The van der Waals surface area contributed by atoms with E-state index in [9.17, 15) is 9.59 Å². The molecule has 116 valence electrons. The van der Waals surface area contributed by atoms with Gasteiger partial charge in [0.15, 0.2) is 0 Å². The van der Waals surface area contributed by atoms with Gasteiger partial charge in [-0.2, -0.15) is 0 Å². The van der Waals surface area contributed by atoms with Gasteiger partial charge >= 0.3 is 5.97 Å². The Balaban J connectivity index is 2.07. The van der Waals surface area contributed by atoms with Gasteiger partial charge in [-0.05, 0) is 43.5 Å². The average Bonchev–Trinajstić information content (AvgIpc) is 2.46. The number of benzene rings is 2. The van der Waals surface area contributed by atoms with E-state index in [4.69, 9.17) is 5.11 Å². The molecule has 23 heavy (non-hydrogen) atoms. The molecule has 0 bridgehead atoms. The Kier molecular flexibility index (Phi) is 3.74. The number of aryl methyl sites for hydroxylation is 2. The fourth-order valence-corrected chi connectivity index (χ4v) is 2.94. The average molecular weight is 307 g/mol. The molecule has 4 heteroatoms. The maximum Gasteiger partial charge on any atom is 0.341 e. The molecule has 0 aliphatic heterocycles. The van der Waals surface area contributed by atoms with Gasteiger partial charge in [0.2, 0.25) is 5.43 Å². The number of carboxylic acids is 1. The van der Waals surface area contributed by atoms with Crippen LogP contribution < -0.4 is 5.43 Å². The van der Waals surface area contributed by atoms with Crippen LogP contribution in [0, 0.1) is 13.8 Å². The summed E-state index contributed by atoms with van der Waals surface area (Å²) < 4.78 is 0. The molecule has 4 nitrogen and oxygen atoms in total. The lowest BCUT2D eigenvalue weighted by Gasteiger charge is -2.07. The van der Waals surface area contributed by atoms with Crippen molar-refractivity contribution in [2.24, 2.45) is 0 Å². The highest BCUT2D eigenvalue weighted by Gasteiger charge is 2.11. The zero-order valence-corrected chi connectivity index (χ0v) is 13.0. The predicted molar refractivity (Wildman–Crippen MR) is 90.3 cm³/mol. The van der Waals surface area contributed by atoms with Crippen LogP contribution in [-0.2, 0) is 6.42 Å². The van der Waals surface area contributed by atoms with E-state index >= 15 is 0 Å². The summed E-state index contributed by atoms with van der Waals surface area (Å²) in [6, 6.07) is 11.9. The minimum absolute atomic E-state index is 0.235. The number of pyridine rings is 1. The number of carboxylic acid groups (broad SMARTS) is 1. The molecule has 0 aliphatic carbocycles. The van der Waals surface area contributed by atoms with Gasteiger partial charge < -0.3 is 10.1 Å². The highest BCUT2D eigenvalue weighted by molar-refractivity contribution is 5.92. The summed E-state index contributed by atoms with van der Waals surface area (Å²) in [7, 11) is 0. The summed E-state index contributed by atoms with van der Waals surface area (Å²) in [5.74, 6) is -1.21. The van der Waals surface area contributed by atoms with Gasteiger partial charge in [0, 0.05) is 17.1 Å². The largest absolute Gasteiger partial charge is 0.477 e. The van der Waals surface area contributed by atoms with Crippen LogP contribution in [0.4, 0.5) is 0 Å². The molecule has 2 aromatic carbocycles. The van der Waals surface area contributed by atoms with Crippen molar-refractivity contribution in [3.05, 3.63) is 80.6 Å². The molecule has 0 radical (unpaired) electrons. The van der Waals surface area contributed by atoms with E-state index in [1.165, 1.54) is 22.9 Å². The smallest absolute Gasteiger partial charge is 0.341 e. The molecule has 1 aromatic heterocycles. The Morgan fingerprint density at radius 3 is 2.39 bits per heavy atom. The van der Waals surface area contributed by atoms with Crippen LogP contribution >= 0.6 is 0 Å². The Labute approximate surface area is 133 Å². The monoisotopic (exact) mass is 307 g/mol. The fourth-order valence-electron chi connectivity index (χ4n) is 2.94. The van der Waals surface area contributed by atoms with Crippen molar-refractivity contribution < 1.29 is 9.90 Å². The third-order valence-corrected chi connectivity index (χ3v) is 3.87. The number of hydrogen-bond acceptors (Lipinski definition) is 2. The van der Waals surface area contributed by atoms with Crippen LogP contribution in [0.2, 0.25) is 0 Å². The minimum atomic E-state index is -1.21. The first-order valence-corrected chi connectivity index (χ1v) is 7.39. The van der Waals surface area contributed by atoms with Crippen LogP contribution in [0.15, 0.2) is 47.4 Å². The highest BCUT2D eigenvalue weighted by atomic mass is 16.4. The molecular formula is C19H17NO3. The van der Waals surface area contributed by atoms with E-state index in [-0.39, 0.29) is 5.56 Å². The number of hydrogen-bond donors (Lipinski definition) is 2. The molecule has 0 fully saturated rings. The number of carbonyl (C=O) groups is 1. The molecule has 0 aliphatic rings. The second kappa shape index (κ2) is 5.72. The lowest BCUT2D eigenvalue weighted by atomic mass is 9.99. The van der Waals surface area contributed by atoms with Gasteiger partial charge in [0.1, 0.15) is 5.56 Å². The number of rotatable bonds is 3. The maximum absolute atomic E-state index is 12.3. The van der Waals surface area contributed by atoms with Gasteiger partial charge in [-0.1, -0.05) is 35.4 Å². The summed E-state index contributed by atoms with van der Waals surface area (Å²) in [4.78, 5) is 26.2. The van der Waals surface area contributed by atoms with Crippen molar-refractivity contribution in [3.8, 4) is 0 Å². The molecular weight excluding hydrogens is 290 g/mol. The van der Waals surface area contributed by atoms with Crippen molar-refractivity contribution in [1.29, 1.82) is 0 Å². The number of fused-ring (bicyclic) bond motifs is 1. The number of H-pyrrole nitrogens is 1. The van der Waals surface area contributed by atoms with Gasteiger partial charge in [-0.3, -0.25) is 4.79 Å². The zero-order valence-electron chi connectivity index (χ0n) is 13.0. The molecule has 0 amide bonds. The number of aromatic nitrogens is 1. The second-order valence-electron chi connectivity index (χ2n) is 5.89. The number of aromatic carboxylic acids is 1. The highest BCUT2D eigenvalue weighted by Crippen LogP contribution is 2.17. The van der Waals surface area contributed by atoms with Crippen molar-refractivity contribution in [1.82, 2.24) is 4.98 Å². The SMILES string of the molecule is Cc1cc(C)cc(Cc2ccc3[nH]cc(C(=O)O)c(=O)c3c2)c1. The molecule has 0 atom stereocenters. The first kappa shape index (κ1) is 15.0. The molecule has 0 spiro atoms. The zero-order chi connectivity index (χ0) is 16.6. The summed E-state index contributed by atoms with van der Waals surface area (Å²) in [6.07, 6.45) is 1.95. The fraction of sp³-hybridized carbons (Fsp3) is 0.158. The first-order chi connectivity index (χ1) is 10.9. The molecule has 1 heterocycles. The Hall–Kier alpha value is -2.88. The Morgan fingerprint density at radius 1 is 1.04 bits per heavy atom. The summed E-state index contributed by atoms with van der Waals surface area (Å²) in [5.41, 5.74) is 4.51. The molecule has 3 rings (SSSR count). The lowest BCUT2D eigenvalue weighted by Crippen LogP contribution is -2.15. The van der Waals surface area contributed by atoms with E-state index < -0.39 is 11.4 Å². The van der Waals surface area contributed by atoms with E-state index in [0.29, 0.717) is 17.3 Å². The topological polar surface area (TPSA) is 70.2 Å². The van der Waals surface area contributed by atoms with E-state index in [2.05, 4.69) is 37.0 Å². The number of nitrogens with one attached hydrogen (secondary N) is 1. The number of aromatic amines is 1. The second-order valence-corrected chi connectivity index (χ2v) is 5.89. The Bertz CT molecular complexity index is 950. The van der Waals surface area contributed by atoms with E-state index in [0.717, 1.165) is 5.56 Å². The van der Waals surface area contributed by atoms with E-state index in [1.54, 1.807) is 6.07 Å². The van der Waals surface area contributed by atoms with Crippen molar-refractivity contribution in [3.63, 3.8) is 0 Å². The summed E-state index contributed by atoms with van der Waals surface area (Å²) in [6.45, 7) is 4.11. The first-order valence-electron chi connectivity index (χ1n) is 7.39. The van der Waals surface area contributed by atoms with Crippen LogP contribution in [-0.4, -0.2) is 16.1 Å². The Morgan fingerprint density at radius 2 is 1.74 bits per heavy atom. The van der Waals surface area contributed by atoms with Crippen molar-refractivity contribution in [2.45, 2.75) is 20.3 Å².